The summed E-state index contributed by atoms with van der Waals surface area (Å²) in [6, 6.07) is 3.89. The molecule has 1 aromatic heterocycles. The molecule has 0 aromatic carbocycles. The maximum absolute atomic E-state index is 12.2. The van der Waals surface area contributed by atoms with Crippen molar-refractivity contribution in [2.45, 2.75) is 51.0 Å². The molecule has 0 amide bonds. The molecule has 1 atom stereocenters. The normalized spacial score (nSPS) is 41.5. The fourth-order valence-corrected chi connectivity index (χ4v) is 5.95. The minimum atomic E-state index is -0.785. The van der Waals surface area contributed by atoms with E-state index in [4.69, 9.17) is 0 Å². The summed E-state index contributed by atoms with van der Waals surface area (Å²) in [5.74, 6) is 1.66. The van der Waals surface area contributed by atoms with Crippen LogP contribution in [0.2, 0.25) is 0 Å². The van der Waals surface area contributed by atoms with Crippen LogP contribution in [0.25, 0.3) is 0 Å². The number of aliphatic carboxylic acids is 1. The molecule has 108 valence electrons. The van der Waals surface area contributed by atoms with Gasteiger partial charge in [-0.05, 0) is 75.3 Å². The molecule has 4 saturated carbocycles. The highest BCUT2D eigenvalue weighted by molar-refractivity contribution is 5.77. The first-order valence-corrected chi connectivity index (χ1v) is 7.90. The lowest BCUT2D eigenvalue weighted by atomic mass is 9.44. The van der Waals surface area contributed by atoms with E-state index in [1.807, 2.05) is 36.0 Å². The van der Waals surface area contributed by atoms with Crippen LogP contribution < -0.4 is 0 Å². The molecule has 1 aromatic rings. The molecule has 3 heteroatoms. The molecule has 1 unspecified atom stereocenters. The van der Waals surface area contributed by atoms with Gasteiger partial charge in [-0.25, -0.2) is 4.79 Å². The Morgan fingerprint density at radius 1 is 1.10 bits per heavy atom. The van der Waals surface area contributed by atoms with Crippen molar-refractivity contribution in [2.24, 2.45) is 23.2 Å². The number of nitrogens with zero attached hydrogens (tertiary/aromatic N) is 1. The van der Waals surface area contributed by atoms with Gasteiger partial charge in [-0.15, -0.1) is 0 Å². The minimum absolute atomic E-state index is 0.0351. The second-order valence-electron chi connectivity index (χ2n) is 7.67. The van der Waals surface area contributed by atoms with E-state index in [0.29, 0.717) is 0 Å². The summed E-state index contributed by atoms with van der Waals surface area (Å²) in [6.07, 6.45) is 11.3. The van der Waals surface area contributed by atoms with Gasteiger partial charge in [0.1, 0.15) is 5.54 Å². The zero-order valence-electron chi connectivity index (χ0n) is 12.1. The molecular weight excluding hydrogens is 250 g/mol. The molecule has 4 bridgehead atoms. The Hall–Kier alpha value is -1.25. The van der Waals surface area contributed by atoms with Gasteiger partial charge in [-0.3, -0.25) is 0 Å². The summed E-state index contributed by atoms with van der Waals surface area (Å²) in [7, 11) is 0. The molecule has 3 nitrogen and oxygen atoms in total. The van der Waals surface area contributed by atoms with E-state index in [0.717, 1.165) is 37.0 Å². The van der Waals surface area contributed by atoms with Gasteiger partial charge in [0.25, 0.3) is 0 Å². The van der Waals surface area contributed by atoms with Crippen molar-refractivity contribution >= 4 is 5.97 Å². The molecule has 0 radical (unpaired) electrons. The van der Waals surface area contributed by atoms with Crippen molar-refractivity contribution in [3.05, 3.63) is 24.5 Å². The van der Waals surface area contributed by atoms with Gasteiger partial charge in [0.15, 0.2) is 0 Å². The lowest BCUT2D eigenvalue weighted by Crippen LogP contribution is -2.60. The van der Waals surface area contributed by atoms with Crippen LogP contribution in [0.5, 0.6) is 0 Å². The Kier molecular flexibility index (Phi) is 2.43. The van der Waals surface area contributed by atoms with Crippen LogP contribution in [0.1, 0.15) is 45.4 Å². The van der Waals surface area contributed by atoms with E-state index in [2.05, 4.69) is 0 Å². The number of carboxylic acids is 1. The molecule has 0 aliphatic heterocycles. The summed E-state index contributed by atoms with van der Waals surface area (Å²) >= 11 is 0. The van der Waals surface area contributed by atoms with E-state index in [-0.39, 0.29) is 5.41 Å². The van der Waals surface area contributed by atoms with Crippen LogP contribution in [-0.4, -0.2) is 15.6 Å². The molecule has 0 spiro atoms. The topological polar surface area (TPSA) is 42.2 Å². The van der Waals surface area contributed by atoms with Crippen molar-refractivity contribution in [2.75, 3.05) is 0 Å². The smallest absolute Gasteiger partial charge is 0.330 e. The third-order valence-corrected chi connectivity index (χ3v) is 6.61. The number of carboxylic acid groups (broad SMARTS) is 1. The first kappa shape index (κ1) is 12.5. The molecule has 1 heterocycles. The fraction of sp³-hybridized carbons (Fsp3) is 0.706. The van der Waals surface area contributed by atoms with Crippen molar-refractivity contribution in [1.82, 2.24) is 4.57 Å². The van der Waals surface area contributed by atoms with Gasteiger partial charge in [0.05, 0.1) is 0 Å². The highest BCUT2D eigenvalue weighted by Gasteiger charge is 2.62. The third kappa shape index (κ3) is 1.44. The molecule has 1 N–H and O–H groups in total. The summed E-state index contributed by atoms with van der Waals surface area (Å²) in [4.78, 5) is 12.2. The predicted molar refractivity (Wildman–Crippen MR) is 76.3 cm³/mol. The Morgan fingerprint density at radius 3 is 1.95 bits per heavy atom. The van der Waals surface area contributed by atoms with E-state index in [1.54, 1.807) is 0 Å². The van der Waals surface area contributed by atoms with E-state index in [1.165, 1.54) is 19.3 Å². The number of hydrogen-bond acceptors (Lipinski definition) is 1. The maximum Gasteiger partial charge on any atom is 0.330 e. The van der Waals surface area contributed by atoms with Gasteiger partial charge in [0.2, 0.25) is 0 Å². The van der Waals surface area contributed by atoms with Gasteiger partial charge >= 0.3 is 5.97 Å². The van der Waals surface area contributed by atoms with Crippen LogP contribution in [0, 0.1) is 23.2 Å². The van der Waals surface area contributed by atoms with Crippen molar-refractivity contribution in [3.63, 3.8) is 0 Å². The summed E-state index contributed by atoms with van der Waals surface area (Å²) in [6.45, 7) is 1.96. The van der Waals surface area contributed by atoms with E-state index < -0.39 is 11.5 Å². The number of aromatic nitrogens is 1. The summed E-state index contributed by atoms with van der Waals surface area (Å²) in [5.41, 5.74) is -0.820. The zero-order chi connectivity index (χ0) is 14.0. The maximum atomic E-state index is 12.2. The van der Waals surface area contributed by atoms with Crippen LogP contribution in [0.15, 0.2) is 24.5 Å². The highest BCUT2D eigenvalue weighted by atomic mass is 16.4. The van der Waals surface area contributed by atoms with Crippen LogP contribution in [0.3, 0.4) is 0 Å². The first-order chi connectivity index (χ1) is 9.53. The highest BCUT2D eigenvalue weighted by Crippen LogP contribution is 2.65. The quantitative estimate of drug-likeness (QED) is 0.915. The first-order valence-electron chi connectivity index (χ1n) is 7.90. The number of rotatable bonds is 3. The second kappa shape index (κ2) is 3.90. The monoisotopic (exact) mass is 273 g/mol. The molecule has 0 saturated heterocycles. The molecule has 5 rings (SSSR count). The van der Waals surface area contributed by atoms with E-state index >= 15 is 0 Å². The molecule has 4 aliphatic rings. The van der Waals surface area contributed by atoms with Crippen molar-refractivity contribution in [3.8, 4) is 0 Å². The van der Waals surface area contributed by atoms with Gasteiger partial charge < -0.3 is 9.67 Å². The van der Waals surface area contributed by atoms with Crippen LogP contribution >= 0.6 is 0 Å². The van der Waals surface area contributed by atoms with Crippen molar-refractivity contribution in [1.29, 1.82) is 0 Å². The zero-order valence-corrected chi connectivity index (χ0v) is 12.1. The predicted octanol–water partition coefficient (Wildman–Crippen LogP) is 3.50. The molecular formula is C17H23NO2. The van der Waals surface area contributed by atoms with Crippen LogP contribution in [0.4, 0.5) is 0 Å². The molecule has 20 heavy (non-hydrogen) atoms. The summed E-state index contributed by atoms with van der Waals surface area (Å²) < 4.78 is 1.96. The average molecular weight is 273 g/mol. The lowest BCUT2D eigenvalue weighted by Gasteiger charge is -2.61. The minimum Gasteiger partial charge on any atom is -0.479 e. The lowest BCUT2D eigenvalue weighted by molar-refractivity contribution is -0.172. The Balaban J connectivity index is 1.83. The van der Waals surface area contributed by atoms with E-state index in [9.17, 15) is 9.90 Å². The average Bonchev–Trinajstić information content (AvgIpc) is 2.89. The molecule has 4 fully saturated rings. The van der Waals surface area contributed by atoms with Gasteiger partial charge in [-0.1, -0.05) is 0 Å². The number of carbonyl (C=O) groups is 1. The Labute approximate surface area is 120 Å². The van der Waals surface area contributed by atoms with Gasteiger partial charge in [-0.2, -0.15) is 0 Å². The fourth-order valence-electron chi connectivity index (χ4n) is 5.95. The number of hydrogen-bond donors (Lipinski definition) is 1. The standard InChI is InChI=1S/C17H23NO2/c1-16(15(19)20,18-4-2-3-5-18)17-9-12-6-13(10-17)8-14(7-12)11-17/h2-5,12-14H,6-11H2,1H3,(H,19,20). The SMILES string of the molecule is CC(C(=O)O)(n1cccc1)C12CC3CC(CC(C3)C1)C2. The Morgan fingerprint density at radius 2 is 1.55 bits per heavy atom. The van der Waals surface area contributed by atoms with Gasteiger partial charge in [0, 0.05) is 17.8 Å². The molecule has 4 aliphatic carbocycles. The van der Waals surface area contributed by atoms with Crippen molar-refractivity contribution < 1.29 is 9.90 Å². The Bertz CT molecular complexity index is 498. The summed E-state index contributed by atoms with van der Waals surface area (Å²) in [5, 5.41) is 10.0. The third-order valence-electron chi connectivity index (χ3n) is 6.61. The second-order valence-corrected chi connectivity index (χ2v) is 7.67. The largest absolute Gasteiger partial charge is 0.479 e. The van der Waals surface area contributed by atoms with Crippen LogP contribution in [-0.2, 0) is 10.3 Å².